The van der Waals surface area contributed by atoms with Crippen LogP contribution in [0.3, 0.4) is 0 Å². The number of rotatable bonds is 8. The van der Waals surface area contributed by atoms with Gasteiger partial charge >= 0.3 is 6.61 Å². The lowest BCUT2D eigenvalue weighted by Crippen LogP contribution is -2.36. The summed E-state index contributed by atoms with van der Waals surface area (Å²) in [5, 5.41) is 7.32. The van der Waals surface area contributed by atoms with Crippen molar-refractivity contribution in [3.63, 3.8) is 0 Å². The van der Waals surface area contributed by atoms with Gasteiger partial charge in [-0.3, -0.25) is 4.99 Å². The second-order valence-electron chi connectivity index (χ2n) is 5.58. The highest BCUT2D eigenvalue weighted by Crippen LogP contribution is 2.32. The number of para-hydroxylation sites is 1. The van der Waals surface area contributed by atoms with Gasteiger partial charge < -0.3 is 20.1 Å². The van der Waals surface area contributed by atoms with Crippen LogP contribution in [0.1, 0.15) is 28.1 Å². The molecule has 0 bridgehead atoms. The van der Waals surface area contributed by atoms with Crippen molar-refractivity contribution < 1.29 is 18.3 Å². The normalized spacial score (nSPS) is 11.6. The summed E-state index contributed by atoms with van der Waals surface area (Å²) < 4.78 is 35.7. The van der Waals surface area contributed by atoms with E-state index in [2.05, 4.69) is 25.3 Å². The van der Waals surface area contributed by atoms with Gasteiger partial charge in [-0.15, -0.1) is 11.3 Å². The second kappa shape index (κ2) is 10.1. The second-order valence-corrected chi connectivity index (χ2v) is 6.86. The summed E-state index contributed by atoms with van der Waals surface area (Å²) >= 11 is 1.62. The lowest BCUT2D eigenvalue weighted by Gasteiger charge is -2.17. The van der Waals surface area contributed by atoms with Gasteiger partial charge in [-0.1, -0.05) is 12.1 Å². The first-order valence-corrected chi connectivity index (χ1v) is 9.33. The van der Waals surface area contributed by atoms with Gasteiger partial charge in [0, 0.05) is 24.0 Å². The maximum atomic E-state index is 12.8. The van der Waals surface area contributed by atoms with Gasteiger partial charge in [0.15, 0.2) is 17.5 Å². The van der Waals surface area contributed by atoms with Crippen molar-refractivity contribution in [1.29, 1.82) is 0 Å². The van der Waals surface area contributed by atoms with Crippen LogP contribution in [-0.4, -0.2) is 31.2 Å². The molecule has 0 radical (unpaired) electrons. The third-order valence-corrected chi connectivity index (χ3v) is 4.73. The number of hydrogen-bond acceptors (Lipinski definition) is 5. The fourth-order valence-electron chi connectivity index (χ4n) is 2.49. The highest BCUT2D eigenvalue weighted by atomic mass is 32.1. The molecule has 0 atom stereocenters. The minimum Gasteiger partial charge on any atom is -0.490 e. The third-order valence-electron chi connectivity index (χ3n) is 3.65. The number of aryl methyl sites for hydroxylation is 2. The molecule has 1 heterocycles. The van der Waals surface area contributed by atoms with E-state index in [0.717, 1.165) is 15.6 Å². The molecule has 0 spiro atoms. The molecule has 0 aliphatic rings. The fourth-order valence-corrected chi connectivity index (χ4v) is 3.37. The molecule has 6 nitrogen and oxygen atoms in total. The van der Waals surface area contributed by atoms with Crippen LogP contribution in [0.2, 0.25) is 0 Å². The average molecular weight is 398 g/mol. The molecule has 27 heavy (non-hydrogen) atoms. The van der Waals surface area contributed by atoms with Gasteiger partial charge in [-0.25, -0.2) is 4.98 Å². The summed E-state index contributed by atoms with van der Waals surface area (Å²) in [6.45, 7) is 3.97. The number of aromatic nitrogens is 1. The van der Waals surface area contributed by atoms with Crippen LogP contribution in [-0.2, 0) is 13.1 Å². The van der Waals surface area contributed by atoms with Gasteiger partial charge in [-0.2, -0.15) is 8.78 Å². The fraction of sp³-hybridized carbons (Fsp3) is 0.444. The van der Waals surface area contributed by atoms with E-state index >= 15 is 0 Å². The molecule has 1 aromatic heterocycles. The molecule has 2 rings (SSSR count). The topological polar surface area (TPSA) is 67.8 Å². The van der Waals surface area contributed by atoms with Gasteiger partial charge in [-0.05, 0) is 26.8 Å². The van der Waals surface area contributed by atoms with Crippen molar-refractivity contribution in [2.24, 2.45) is 4.99 Å². The number of thiazole rings is 1. The zero-order chi connectivity index (χ0) is 19.8. The van der Waals surface area contributed by atoms with Crippen LogP contribution >= 0.6 is 11.3 Å². The number of hydrogen-bond donors (Lipinski definition) is 2. The van der Waals surface area contributed by atoms with Crippen molar-refractivity contribution >= 4 is 17.3 Å². The first-order chi connectivity index (χ1) is 12.9. The molecule has 0 amide bonds. The van der Waals surface area contributed by atoms with Crippen molar-refractivity contribution in [3.05, 3.63) is 39.3 Å². The zero-order valence-electron chi connectivity index (χ0n) is 15.8. The van der Waals surface area contributed by atoms with Crippen LogP contribution in [0.15, 0.2) is 23.2 Å². The Morgan fingerprint density at radius 1 is 1.26 bits per heavy atom. The zero-order valence-corrected chi connectivity index (χ0v) is 16.6. The first kappa shape index (κ1) is 20.9. The molecule has 0 saturated heterocycles. The van der Waals surface area contributed by atoms with Crippen molar-refractivity contribution in [1.82, 2.24) is 15.6 Å². The third kappa shape index (κ3) is 6.06. The van der Waals surface area contributed by atoms with E-state index in [1.54, 1.807) is 43.5 Å². The van der Waals surface area contributed by atoms with E-state index in [1.807, 2.05) is 13.8 Å². The van der Waals surface area contributed by atoms with Crippen molar-refractivity contribution in [2.75, 3.05) is 13.7 Å². The molecule has 0 fully saturated rings. The maximum absolute atomic E-state index is 12.8. The van der Waals surface area contributed by atoms with Crippen LogP contribution < -0.4 is 20.1 Å². The molecule has 148 valence electrons. The quantitative estimate of drug-likeness (QED) is 0.525. The Bertz CT molecular complexity index is 781. The van der Waals surface area contributed by atoms with E-state index in [1.165, 1.54) is 0 Å². The summed E-state index contributed by atoms with van der Waals surface area (Å²) in [7, 11) is 1.65. The smallest absolute Gasteiger partial charge is 0.387 e. The molecular formula is C18H24F2N4O2S. The SMILES string of the molecule is CCOc1cccc(CNC(=NC)NCc2sc(C)nc2C)c1OC(F)F. The minimum atomic E-state index is -2.93. The highest BCUT2D eigenvalue weighted by Gasteiger charge is 2.16. The summed E-state index contributed by atoms with van der Waals surface area (Å²) in [5.41, 5.74) is 1.53. The molecule has 0 saturated carbocycles. The number of alkyl halides is 2. The lowest BCUT2D eigenvalue weighted by molar-refractivity contribution is -0.0520. The highest BCUT2D eigenvalue weighted by molar-refractivity contribution is 7.11. The molecule has 0 aliphatic carbocycles. The Hall–Kier alpha value is -2.42. The lowest BCUT2D eigenvalue weighted by atomic mass is 10.2. The number of aliphatic imine (C=N–C) groups is 1. The molecular weight excluding hydrogens is 374 g/mol. The number of nitrogens with one attached hydrogen (secondary N) is 2. The van der Waals surface area contributed by atoms with Gasteiger partial charge in [0.1, 0.15) is 0 Å². The summed E-state index contributed by atoms with van der Waals surface area (Å²) in [5.74, 6) is 0.868. The summed E-state index contributed by atoms with van der Waals surface area (Å²) in [6, 6.07) is 5.05. The van der Waals surface area contributed by atoms with E-state index in [4.69, 9.17) is 4.74 Å². The minimum absolute atomic E-state index is 0.0335. The van der Waals surface area contributed by atoms with Crippen LogP contribution in [0.4, 0.5) is 8.78 Å². The molecule has 0 aliphatic heterocycles. The Balaban J connectivity index is 2.04. The van der Waals surface area contributed by atoms with Crippen molar-refractivity contribution in [2.45, 2.75) is 40.5 Å². The number of nitrogens with zero attached hydrogens (tertiary/aromatic N) is 2. The van der Waals surface area contributed by atoms with E-state index in [-0.39, 0.29) is 18.0 Å². The van der Waals surface area contributed by atoms with Crippen LogP contribution in [0.5, 0.6) is 11.5 Å². The summed E-state index contributed by atoms with van der Waals surface area (Å²) in [4.78, 5) is 9.67. The van der Waals surface area contributed by atoms with E-state index in [0.29, 0.717) is 24.7 Å². The van der Waals surface area contributed by atoms with Crippen molar-refractivity contribution in [3.8, 4) is 11.5 Å². The number of benzene rings is 1. The molecule has 0 unspecified atom stereocenters. The molecule has 1 aromatic carbocycles. The van der Waals surface area contributed by atoms with E-state index < -0.39 is 6.61 Å². The van der Waals surface area contributed by atoms with Crippen LogP contribution in [0.25, 0.3) is 0 Å². The molecule has 9 heteroatoms. The first-order valence-electron chi connectivity index (χ1n) is 8.51. The predicted molar refractivity (Wildman–Crippen MR) is 103 cm³/mol. The van der Waals surface area contributed by atoms with Gasteiger partial charge in [0.05, 0.1) is 23.9 Å². The predicted octanol–water partition coefficient (Wildman–Crippen LogP) is 3.63. The number of ether oxygens (including phenoxy) is 2. The van der Waals surface area contributed by atoms with Crippen LogP contribution in [0, 0.1) is 13.8 Å². The molecule has 2 N–H and O–H groups in total. The average Bonchev–Trinajstić information content (AvgIpc) is 2.94. The number of halogens is 2. The van der Waals surface area contributed by atoms with Gasteiger partial charge in [0.25, 0.3) is 0 Å². The Morgan fingerprint density at radius 3 is 2.59 bits per heavy atom. The summed E-state index contributed by atoms with van der Waals surface area (Å²) in [6.07, 6.45) is 0. The Morgan fingerprint density at radius 2 is 2.00 bits per heavy atom. The molecule has 2 aromatic rings. The Labute approximate surface area is 161 Å². The Kier molecular flexibility index (Phi) is 7.78. The largest absolute Gasteiger partial charge is 0.490 e. The van der Waals surface area contributed by atoms with Gasteiger partial charge in [0.2, 0.25) is 0 Å². The standard InChI is InChI=1S/C18H24F2N4O2S/c1-5-25-14-8-6-7-13(16(14)26-17(19)20)9-22-18(21-4)23-10-15-11(2)24-12(3)27-15/h6-8,17H,5,9-10H2,1-4H3,(H2,21,22,23). The monoisotopic (exact) mass is 398 g/mol. The maximum Gasteiger partial charge on any atom is 0.387 e. The van der Waals surface area contributed by atoms with E-state index in [9.17, 15) is 8.78 Å². The number of guanidine groups is 1.